The minimum Gasteiger partial charge on any atom is -0.460 e. The van der Waals surface area contributed by atoms with Gasteiger partial charge in [0.25, 0.3) is 0 Å². The third kappa shape index (κ3) is 9.72. The molecule has 0 bridgehead atoms. The Hall–Kier alpha value is -0.770. The van der Waals surface area contributed by atoms with E-state index in [-0.39, 0.29) is 12.8 Å². The average molecular weight is 310 g/mol. The molecule has 0 aromatic rings. The van der Waals surface area contributed by atoms with Gasteiger partial charge in [-0.3, -0.25) is 4.79 Å². The molecule has 8 heteroatoms. The summed E-state index contributed by atoms with van der Waals surface area (Å²) in [6.07, 6.45) is -0.594. The second-order valence-corrected chi connectivity index (χ2v) is 5.51. The van der Waals surface area contributed by atoms with Crippen LogP contribution < -0.4 is 0 Å². The standard InChI is InChI=1S/C13H26O8/c1-12(2,3)18-11(14)8-10(19-15-5)9-13(4,20-16-6)21-17-7/h10H,8-9H2,1-7H3. The lowest BCUT2D eigenvalue weighted by atomic mass is 10.1. The number of esters is 1. The fraction of sp³-hybridized carbons (Fsp3) is 0.923. The van der Waals surface area contributed by atoms with Crippen LogP contribution in [0.4, 0.5) is 0 Å². The molecular weight excluding hydrogens is 284 g/mol. The second-order valence-electron chi connectivity index (χ2n) is 5.51. The third-order valence-electron chi connectivity index (χ3n) is 2.16. The predicted molar refractivity (Wildman–Crippen MR) is 71.6 cm³/mol. The summed E-state index contributed by atoms with van der Waals surface area (Å²) >= 11 is 0. The molecule has 0 N–H and O–H groups in total. The van der Waals surface area contributed by atoms with Crippen LogP contribution in [0.15, 0.2) is 0 Å². The monoisotopic (exact) mass is 310 g/mol. The van der Waals surface area contributed by atoms with E-state index in [9.17, 15) is 4.79 Å². The predicted octanol–water partition coefficient (Wildman–Crippen LogP) is 1.93. The molecule has 0 heterocycles. The average Bonchev–Trinajstić information content (AvgIpc) is 2.26. The van der Waals surface area contributed by atoms with Gasteiger partial charge in [0, 0.05) is 6.42 Å². The van der Waals surface area contributed by atoms with E-state index in [1.54, 1.807) is 27.7 Å². The first kappa shape index (κ1) is 20.2. The van der Waals surface area contributed by atoms with Crippen LogP contribution in [0.5, 0.6) is 0 Å². The molecule has 0 aliphatic carbocycles. The maximum absolute atomic E-state index is 11.8. The van der Waals surface area contributed by atoms with Gasteiger partial charge in [0.05, 0.1) is 27.8 Å². The normalized spacial score (nSPS) is 14.0. The van der Waals surface area contributed by atoms with E-state index in [1.165, 1.54) is 21.3 Å². The molecule has 0 aromatic heterocycles. The Balaban J connectivity index is 4.69. The number of ether oxygens (including phenoxy) is 1. The van der Waals surface area contributed by atoms with Crippen molar-refractivity contribution in [3.05, 3.63) is 0 Å². The maximum atomic E-state index is 11.8. The number of hydrogen-bond donors (Lipinski definition) is 0. The quantitative estimate of drug-likeness (QED) is 0.262. The van der Waals surface area contributed by atoms with Gasteiger partial charge in [0.2, 0.25) is 5.79 Å². The molecule has 21 heavy (non-hydrogen) atoms. The lowest BCUT2D eigenvalue weighted by Crippen LogP contribution is -2.38. The minimum atomic E-state index is -1.27. The number of rotatable bonds is 10. The van der Waals surface area contributed by atoms with E-state index in [4.69, 9.17) is 19.4 Å². The molecular formula is C13H26O8. The largest absolute Gasteiger partial charge is 0.460 e. The Morgan fingerprint density at radius 2 is 1.48 bits per heavy atom. The van der Waals surface area contributed by atoms with E-state index in [2.05, 4.69) is 14.7 Å². The molecule has 0 spiro atoms. The zero-order valence-corrected chi connectivity index (χ0v) is 13.8. The highest BCUT2D eigenvalue weighted by molar-refractivity contribution is 5.70. The number of carbonyl (C=O) groups excluding carboxylic acids is 1. The van der Waals surface area contributed by atoms with Gasteiger partial charge in [-0.2, -0.15) is 9.78 Å². The van der Waals surface area contributed by atoms with E-state index in [1.807, 2.05) is 0 Å². The van der Waals surface area contributed by atoms with Crippen molar-refractivity contribution in [1.82, 2.24) is 0 Å². The van der Waals surface area contributed by atoms with Crippen molar-refractivity contribution >= 4 is 5.97 Å². The van der Waals surface area contributed by atoms with E-state index >= 15 is 0 Å². The summed E-state index contributed by atoms with van der Waals surface area (Å²) in [5.41, 5.74) is -0.579. The van der Waals surface area contributed by atoms with E-state index < -0.39 is 23.5 Å². The van der Waals surface area contributed by atoms with Crippen molar-refractivity contribution in [3.8, 4) is 0 Å². The van der Waals surface area contributed by atoms with Crippen LogP contribution in [-0.4, -0.2) is 44.8 Å². The molecule has 0 rings (SSSR count). The third-order valence-corrected chi connectivity index (χ3v) is 2.16. The lowest BCUT2D eigenvalue weighted by molar-refractivity contribution is -0.501. The second kappa shape index (κ2) is 9.29. The van der Waals surface area contributed by atoms with Crippen molar-refractivity contribution < 1.29 is 38.9 Å². The van der Waals surface area contributed by atoms with Gasteiger partial charge in [0.1, 0.15) is 11.7 Å². The zero-order chi connectivity index (χ0) is 16.5. The van der Waals surface area contributed by atoms with Gasteiger partial charge < -0.3 is 4.74 Å². The molecule has 0 aromatic carbocycles. The Labute approximate surface area is 125 Å². The molecule has 0 radical (unpaired) electrons. The SMILES string of the molecule is COOC(CC(=O)OC(C)(C)C)CC(C)(OOC)OOC. The summed E-state index contributed by atoms with van der Waals surface area (Å²) in [6, 6.07) is 0. The smallest absolute Gasteiger partial charge is 0.309 e. The molecule has 8 nitrogen and oxygen atoms in total. The maximum Gasteiger partial charge on any atom is 0.309 e. The Kier molecular flexibility index (Phi) is 8.95. The van der Waals surface area contributed by atoms with Crippen molar-refractivity contribution in [2.75, 3.05) is 21.3 Å². The highest BCUT2D eigenvalue weighted by atomic mass is 17.3. The van der Waals surface area contributed by atoms with Crippen LogP contribution in [0, 0.1) is 0 Å². The number of carbonyl (C=O) groups is 1. The molecule has 0 amide bonds. The van der Waals surface area contributed by atoms with Crippen molar-refractivity contribution in [3.63, 3.8) is 0 Å². The van der Waals surface area contributed by atoms with Crippen LogP contribution in [0.25, 0.3) is 0 Å². The van der Waals surface area contributed by atoms with Gasteiger partial charge in [-0.05, 0) is 27.7 Å². The van der Waals surface area contributed by atoms with Crippen molar-refractivity contribution in [1.29, 1.82) is 0 Å². The van der Waals surface area contributed by atoms with Crippen LogP contribution in [0.3, 0.4) is 0 Å². The summed E-state index contributed by atoms with van der Waals surface area (Å²) in [6.45, 7) is 6.91. The molecule has 0 aliphatic heterocycles. The fourth-order valence-electron chi connectivity index (χ4n) is 1.69. The molecule has 0 saturated carbocycles. The van der Waals surface area contributed by atoms with Crippen molar-refractivity contribution in [2.24, 2.45) is 0 Å². The summed E-state index contributed by atoms with van der Waals surface area (Å²) in [7, 11) is 4.00. The van der Waals surface area contributed by atoms with Crippen LogP contribution in [0.2, 0.25) is 0 Å². The highest BCUT2D eigenvalue weighted by Crippen LogP contribution is 2.24. The van der Waals surface area contributed by atoms with Gasteiger partial charge in [-0.1, -0.05) is 0 Å². The first-order chi connectivity index (χ1) is 9.65. The van der Waals surface area contributed by atoms with Gasteiger partial charge in [-0.15, -0.1) is 0 Å². The van der Waals surface area contributed by atoms with Crippen LogP contribution in [0.1, 0.15) is 40.5 Å². The molecule has 1 atom stereocenters. The van der Waals surface area contributed by atoms with Gasteiger partial charge >= 0.3 is 5.97 Å². The summed E-state index contributed by atoms with van der Waals surface area (Å²) in [5, 5.41) is 0. The summed E-state index contributed by atoms with van der Waals surface area (Å²) in [5.74, 6) is -1.70. The number of hydrogen-bond acceptors (Lipinski definition) is 8. The molecule has 0 fully saturated rings. The minimum absolute atomic E-state index is 0.0408. The van der Waals surface area contributed by atoms with Crippen LogP contribution >= 0.6 is 0 Å². The molecule has 126 valence electrons. The van der Waals surface area contributed by atoms with E-state index in [0.29, 0.717) is 0 Å². The summed E-state index contributed by atoms with van der Waals surface area (Å²) in [4.78, 5) is 40.7. The fourth-order valence-corrected chi connectivity index (χ4v) is 1.69. The molecule has 1 unspecified atom stereocenters. The van der Waals surface area contributed by atoms with Crippen molar-refractivity contribution in [2.45, 2.75) is 58.0 Å². The van der Waals surface area contributed by atoms with E-state index in [0.717, 1.165) is 0 Å². The first-order valence-electron chi connectivity index (χ1n) is 6.50. The molecule has 0 aliphatic rings. The topological polar surface area (TPSA) is 81.7 Å². The Morgan fingerprint density at radius 3 is 1.86 bits per heavy atom. The van der Waals surface area contributed by atoms with Gasteiger partial charge in [-0.25, -0.2) is 19.6 Å². The molecule has 0 saturated heterocycles. The Bertz CT molecular complexity index is 293. The first-order valence-corrected chi connectivity index (χ1v) is 6.50. The van der Waals surface area contributed by atoms with Gasteiger partial charge in [0.15, 0.2) is 0 Å². The Morgan fingerprint density at radius 1 is 0.952 bits per heavy atom. The summed E-state index contributed by atoms with van der Waals surface area (Å²) < 4.78 is 5.23. The van der Waals surface area contributed by atoms with Crippen LogP contribution in [-0.2, 0) is 38.9 Å². The lowest BCUT2D eigenvalue weighted by Gasteiger charge is -2.29. The zero-order valence-electron chi connectivity index (χ0n) is 13.8. The highest BCUT2D eigenvalue weighted by Gasteiger charge is 2.35.